The van der Waals surface area contributed by atoms with E-state index in [1.165, 1.54) is 17.5 Å². The van der Waals surface area contributed by atoms with Gasteiger partial charge in [0, 0.05) is 12.2 Å². The Morgan fingerprint density at radius 2 is 1.57 bits per heavy atom. The number of methoxy groups -OCH3 is 1. The Morgan fingerprint density at radius 3 is 2.19 bits per heavy atom. The van der Waals surface area contributed by atoms with E-state index in [9.17, 15) is 18.0 Å². The minimum Gasteiger partial charge on any atom is -0.465 e. The molecule has 0 bridgehead atoms. The van der Waals surface area contributed by atoms with Gasteiger partial charge in [0.05, 0.1) is 29.7 Å². The maximum absolute atomic E-state index is 13.6. The van der Waals surface area contributed by atoms with Gasteiger partial charge in [0.25, 0.3) is 5.91 Å². The number of esters is 1. The molecule has 0 aliphatic carbocycles. The molecule has 0 unspecified atom stereocenters. The Labute approximate surface area is 216 Å². The Bertz CT molecular complexity index is 1500. The summed E-state index contributed by atoms with van der Waals surface area (Å²) < 4.78 is 39.2. The molecule has 0 saturated heterocycles. The van der Waals surface area contributed by atoms with Crippen molar-refractivity contribution in [2.24, 2.45) is 0 Å². The fourth-order valence-electron chi connectivity index (χ4n) is 3.97. The second kappa shape index (κ2) is 10.6. The number of amides is 1. The van der Waals surface area contributed by atoms with Crippen LogP contribution in [0.1, 0.15) is 35.1 Å². The van der Waals surface area contributed by atoms with E-state index in [-0.39, 0.29) is 29.1 Å². The van der Waals surface area contributed by atoms with Crippen molar-refractivity contribution in [3.63, 3.8) is 0 Å². The second-order valence-electron chi connectivity index (χ2n) is 8.88. The first-order valence-electron chi connectivity index (χ1n) is 11.6. The van der Waals surface area contributed by atoms with E-state index >= 15 is 0 Å². The van der Waals surface area contributed by atoms with Crippen molar-refractivity contribution in [3.05, 3.63) is 106 Å². The number of ether oxygens (including phenoxy) is 1. The van der Waals surface area contributed by atoms with Gasteiger partial charge in [-0.05, 0) is 56.7 Å². The SMILES string of the molecule is COC(=O)C1=C(C)NC(=O)/C1=C/c1ccc(CN(Cc2ccc(C)cc2)S(=O)(=O)c2ccc(C)cc2)o1. The standard InChI is InChI=1S/C28H28N2O6S/c1-18-5-9-21(10-6-18)16-30(37(33,34)24-13-7-19(2)8-14-24)17-23-12-11-22(36-23)15-25-26(28(32)35-4)20(3)29-27(25)31/h5-15H,16-17H2,1-4H3,(H,29,31)/b25-15+. The zero-order valence-corrected chi connectivity index (χ0v) is 21.9. The third-order valence-corrected chi connectivity index (χ3v) is 7.82. The van der Waals surface area contributed by atoms with Crippen molar-refractivity contribution in [2.45, 2.75) is 38.8 Å². The Morgan fingerprint density at radius 1 is 0.946 bits per heavy atom. The number of nitrogens with zero attached hydrogens (tertiary/aromatic N) is 1. The summed E-state index contributed by atoms with van der Waals surface area (Å²) >= 11 is 0. The summed E-state index contributed by atoms with van der Waals surface area (Å²) in [6.07, 6.45) is 1.44. The van der Waals surface area contributed by atoms with Gasteiger partial charge < -0.3 is 14.5 Å². The third kappa shape index (κ3) is 5.73. The average Bonchev–Trinajstić information content (AvgIpc) is 3.42. The summed E-state index contributed by atoms with van der Waals surface area (Å²) in [6.45, 7) is 5.59. The number of nitrogens with one attached hydrogen (secondary N) is 1. The van der Waals surface area contributed by atoms with Crippen molar-refractivity contribution < 1.29 is 27.2 Å². The number of benzene rings is 2. The highest BCUT2D eigenvalue weighted by Crippen LogP contribution is 2.27. The van der Waals surface area contributed by atoms with Crippen LogP contribution >= 0.6 is 0 Å². The monoisotopic (exact) mass is 520 g/mol. The second-order valence-corrected chi connectivity index (χ2v) is 10.8. The number of hydrogen-bond acceptors (Lipinski definition) is 6. The van der Waals surface area contributed by atoms with Crippen LogP contribution in [0.3, 0.4) is 0 Å². The molecule has 9 heteroatoms. The molecule has 2 heterocycles. The van der Waals surface area contributed by atoms with Crippen LogP contribution in [0.5, 0.6) is 0 Å². The quantitative estimate of drug-likeness (QED) is 0.352. The van der Waals surface area contributed by atoms with Gasteiger partial charge in [-0.1, -0.05) is 47.5 Å². The van der Waals surface area contributed by atoms with E-state index in [1.54, 1.807) is 43.3 Å². The van der Waals surface area contributed by atoms with Gasteiger partial charge in [-0.3, -0.25) is 4.79 Å². The van der Waals surface area contributed by atoms with Gasteiger partial charge in [-0.15, -0.1) is 0 Å². The van der Waals surface area contributed by atoms with Gasteiger partial charge in [0.2, 0.25) is 10.0 Å². The lowest BCUT2D eigenvalue weighted by atomic mass is 10.1. The highest BCUT2D eigenvalue weighted by Gasteiger charge is 2.31. The van der Waals surface area contributed by atoms with Gasteiger partial charge in [-0.25, -0.2) is 13.2 Å². The minimum absolute atomic E-state index is 0.0296. The number of allylic oxidation sites excluding steroid dienone is 1. The van der Waals surface area contributed by atoms with Crippen LogP contribution in [0.25, 0.3) is 6.08 Å². The van der Waals surface area contributed by atoms with E-state index in [2.05, 4.69) is 5.32 Å². The lowest BCUT2D eigenvalue weighted by molar-refractivity contribution is -0.136. The average molecular weight is 521 g/mol. The van der Waals surface area contributed by atoms with E-state index in [0.717, 1.165) is 16.7 Å². The van der Waals surface area contributed by atoms with Crippen LogP contribution in [-0.4, -0.2) is 31.7 Å². The fourth-order valence-corrected chi connectivity index (χ4v) is 5.37. The maximum Gasteiger partial charge on any atom is 0.340 e. The topological polar surface area (TPSA) is 106 Å². The molecule has 1 aliphatic rings. The first kappa shape index (κ1) is 26.1. The van der Waals surface area contributed by atoms with Crippen LogP contribution in [0.4, 0.5) is 0 Å². The molecule has 1 N–H and O–H groups in total. The first-order valence-corrected chi connectivity index (χ1v) is 13.1. The molecule has 2 aromatic carbocycles. The number of hydrogen-bond donors (Lipinski definition) is 1. The van der Waals surface area contributed by atoms with Crippen LogP contribution in [0.15, 0.2) is 86.8 Å². The van der Waals surface area contributed by atoms with Crippen molar-refractivity contribution in [1.29, 1.82) is 0 Å². The predicted octanol–water partition coefficient (Wildman–Crippen LogP) is 4.25. The van der Waals surface area contributed by atoms with E-state index in [1.807, 2.05) is 38.1 Å². The first-order chi connectivity index (χ1) is 17.6. The fraction of sp³-hybridized carbons (Fsp3) is 0.214. The number of rotatable bonds is 8. The van der Waals surface area contributed by atoms with E-state index in [4.69, 9.17) is 9.15 Å². The molecule has 0 atom stereocenters. The molecule has 0 saturated carbocycles. The number of carbonyl (C=O) groups excluding carboxylic acids is 2. The van der Waals surface area contributed by atoms with Crippen molar-refractivity contribution in [2.75, 3.05) is 7.11 Å². The molecule has 0 fully saturated rings. The van der Waals surface area contributed by atoms with Gasteiger partial charge in [-0.2, -0.15) is 4.31 Å². The molecule has 0 spiro atoms. The summed E-state index contributed by atoms with van der Waals surface area (Å²) in [5, 5.41) is 2.61. The molecular weight excluding hydrogens is 492 g/mol. The summed E-state index contributed by atoms with van der Waals surface area (Å²) in [6, 6.07) is 17.6. The minimum atomic E-state index is -3.85. The zero-order valence-electron chi connectivity index (χ0n) is 21.1. The van der Waals surface area contributed by atoms with Crippen LogP contribution in [0.2, 0.25) is 0 Å². The highest BCUT2D eigenvalue weighted by molar-refractivity contribution is 7.89. The smallest absolute Gasteiger partial charge is 0.340 e. The molecule has 4 rings (SSSR count). The lowest BCUT2D eigenvalue weighted by Crippen LogP contribution is -2.30. The van der Waals surface area contributed by atoms with Crippen LogP contribution < -0.4 is 5.32 Å². The number of furan rings is 1. The van der Waals surface area contributed by atoms with E-state index < -0.39 is 21.9 Å². The normalized spacial score (nSPS) is 14.9. The molecule has 3 aromatic rings. The summed E-state index contributed by atoms with van der Waals surface area (Å²) in [5.41, 5.74) is 3.51. The third-order valence-electron chi connectivity index (χ3n) is 6.02. The van der Waals surface area contributed by atoms with Crippen LogP contribution in [-0.2, 0) is 37.4 Å². The van der Waals surface area contributed by atoms with Crippen molar-refractivity contribution >= 4 is 28.0 Å². The van der Waals surface area contributed by atoms with Gasteiger partial charge >= 0.3 is 5.97 Å². The summed E-state index contributed by atoms with van der Waals surface area (Å²) in [4.78, 5) is 24.7. The number of carbonyl (C=O) groups is 2. The number of sulfonamides is 1. The molecule has 192 valence electrons. The molecule has 1 aliphatic heterocycles. The Balaban J connectivity index is 1.65. The van der Waals surface area contributed by atoms with Crippen molar-refractivity contribution in [1.82, 2.24) is 9.62 Å². The highest BCUT2D eigenvalue weighted by atomic mass is 32.2. The van der Waals surface area contributed by atoms with Gasteiger partial charge in [0.1, 0.15) is 11.5 Å². The predicted molar refractivity (Wildman–Crippen MR) is 138 cm³/mol. The molecule has 37 heavy (non-hydrogen) atoms. The Kier molecular flexibility index (Phi) is 7.47. The summed E-state index contributed by atoms with van der Waals surface area (Å²) in [5.74, 6) is -0.395. The molecule has 1 amide bonds. The van der Waals surface area contributed by atoms with Crippen LogP contribution in [0, 0.1) is 13.8 Å². The molecule has 0 radical (unpaired) electrons. The van der Waals surface area contributed by atoms with E-state index in [0.29, 0.717) is 17.2 Å². The molecule has 1 aromatic heterocycles. The molecule has 8 nitrogen and oxygen atoms in total. The molecular formula is C28H28N2O6S. The van der Waals surface area contributed by atoms with Crippen molar-refractivity contribution in [3.8, 4) is 0 Å². The summed E-state index contributed by atoms with van der Waals surface area (Å²) in [7, 11) is -2.61. The zero-order chi connectivity index (χ0) is 26.7. The lowest BCUT2D eigenvalue weighted by Gasteiger charge is -2.21. The number of aryl methyl sites for hydroxylation is 2. The van der Waals surface area contributed by atoms with Gasteiger partial charge in [0.15, 0.2) is 0 Å². The maximum atomic E-state index is 13.6. The Hall–Kier alpha value is -3.95. The largest absolute Gasteiger partial charge is 0.465 e.